The van der Waals surface area contributed by atoms with E-state index in [1.54, 1.807) is 23.1 Å². The van der Waals surface area contributed by atoms with E-state index in [0.717, 1.165) is 18.9 Å². The van der Waals surface area contributed by atoms with Crippen LogP contribution >= 0.6 is 0 Å². The van der Waals surface area contributed by atoms with Gasteiger partial charge in [0.05, 0.1) is 13.2 Å². The maximum atomic E-state index is 14.1. The molecule has 2 atom stereocenters. The molecule has 1 aliphatic carbocycles. The fraction of sp³-hybridized carbons (Fsp3) is 0.478. The fourth-order valence-corrected chi connectivity index (χ4v) is 4.47. The molecule has 2 fully saturated rings. The molecule has 0 unspecified atom stereocenters. The molecule has 4 rings (SSSR count). The quantitative estimate of drug-likeness (QED) is 0.737. The van der Waals surface area contributed by atoms with Gasteiger partial charge in [-0.25, -0.2) is 18.4 Å². The van der Waals surface area contributed by atoms with Crippen molar-refractivity contribution in [3.63, 3.8) is 0 Å². The van der Waals surface area contributed by atoms with Gasteiger partial charge in [0.2, 0.25) is 0 Å². The van der Waals surface area contributed by atoms with Gasteiger partial charge in [-0.15, -0.1) is 0 Å². The highest BCUT2D eigenvalue weighted by Crippen LogP contribution is 2.33. The third-order valence-electron chi connectivity index (χ3n) is 6.15. The molecule has 9 heteroatoms. The number of carbonyl (C=O) groups excluding carboxylic acids is 2. The van der Waals surface area contributed by atoms with Crippen LogP contribution in [0.15, 0.2) is 30.3 Å². The molecular formula is C23H27F2N3O4. The molecule has 7 nitrogen and oxygen atoms in total. The second-order valence-corrected chi connectivity index (χ2v) is 8.55. The van der Waals surface area contributed by atoms with Gasteiger partial charge in [-0.1, -0.05) is 12.1 Å². The summed E-state index contributed by atoms with van der Waals surface area (Å²) in [6, 6.07) is 6.66. The van der Waals surface area contributed by atoms with Crippen molar-refractivity contribution in [2.45, 2.75) is 37.9 Å². The summed E-state index contributed by atoms with van der Waals surface area (Å²) in [6.07, 6.45) is 1.90. The Hall–Kier alpha value is -2.94. The number of ether oxygens (including phenoxy) is 1. The van der Waals surface area contributed by atoms with Crippen molar-refractivity contribution < 1.29 is 28.2 Å². The van der Waals surface area contributed by atoms with Gasteiger partial charge in [-0.3, -0.25) is 0 Å². The molecule has 1 saturated carbocycles. The van der Waals surface area contributed by atoms with Crippen molar-refractivity contribution in [1.29, 1.82) is 0 Å². The number of piperidine rings is 1. The van der Waals surface area contributed by atoms with E-state index in [0.29, 0.717) is 35.8 Å². The number of aliphatic hydroxyl groups excluding tert-OH is 1. The Labute approximate surface area is 184 Å². The van der Waals surface area contributed by atoms with Crippen molar-refractivity contribution in [3.05, 3.63) is 47.5 Å². The average Bonchev–Trinajstić information content (AvgIpc) is 3.62. The van der Waals surface area contributed by atoms with Gasteiger partial charge >= 0.3 is 12.1 Å². The van der Waals surface area contributed by atoms with Crippen LogP contribution in [0.2, 0.25) is 0 Å². The van der Waals surface area contributed by atoms with E-state index in [1.807, 2.05) is 0 Å². The maximum absolute atomic E-state index is 14.1. The summed E-state index contributed by atoms with van der Waals surface area (Å²) in [4.78, 5) is 28.5. The normalized spacial score (nSPS) is 20.8. The summed E-state index contributed by atoms with van der Waals surface area (Å²) >= 11 is 0. The number of amides is 3. The van der Waals surface area contributed by atoms with E-state index in [1.165, 1.54) is 18.1 Å². The number of urea groups is 1. The van der Waals surface area contributed by atoms with E-state index < -0.39 is 17.7 Å². The van der Waals surface area contributed by atoms with Crippen LogP contribution in [0.4, 0.5) is 18.4 Å². The average molecular weight is 447 g/mol. The molecule has 32 heavy (non-hydrogen) atoms. The zero-order valence-corrected chi connectivity index (χ0v) is 17.9. The fourth-order valence-electron chi connectivity index (χ4n) is 4.47. The van der Waals surface area contributed by atoms with E-state index in [2.05, 4.69) is 5.32 Å². The van der Waals surface area contributed by atoms with Crippen LogP contribution in [0.3, 0.4) is 0 Å². The number of nitrogens with zero attached hydrogens (tertiary/aromatic N) is 2. The molecule has 0 bridgehead atoms. The standard InChI is InChI=1S/C23H27F2N3O4/c1-32-23(31)27-11-15(13-29)6-19(12-27)28(18-4-5-18)22(30)26-10-14-2-3-16-8-17(24)9-21(25)20(16)7-14/h2-3,7-9,15,18-19,29H,4-6,10-13H2,1H3,(H,26,30)/t15-,19+/m0/s1. The number of halogens is 2. The number of benzene rings is 2. The van der Waals surface area contributed by atoms with Crippen LogP contribution in [0.5, 0.6) is 0 Å². The molecule has 1 aliphatic heterocycles. The van der Waals surface area contributed by atoms with E-state index in [4.69, 9.17) is 4.74 Å². The van der Waals surface area contributed by atoms with Crippen molar-refractivity contribution in [2.75, 3.05) is 26.8 Å². The molecule has 0 radical (unpaired) electrons. The molecule has 2 aromatic rings. The predicted molar refractivity (Wildman–Crippen MR) is 114 cm³/mol. The van der Waals surface area contributed by atoms with Gasteiger partial charge in [0.25, 0.3) is 0 Å². The maximum Gasteiger partial charge on any atom is 0.409 e. The lowest BCUT2D eigenvalue weighted by atomic mass is 9.94. The van der Waals surface area contributed by atoms with E-state index >= 15 is 0 Å². The second-order valence-electron chi connectivity index (χ2n) is 8.55. The Morgan fingerprint density at radius 2 is 1.97 bits per heavy atom. The number of carbonyl (C=O) groups is 2. The lowest BCUT2D eigenvalue weighted by Gasteiger charge is -2.41. The molecule has 2 aromatic carbocycles. The molecule has 0 aromatic heterocycles. The third kappa shape index (κ3) is 4.77. The molecule has 2 aliphatic rings. The first-order chi connectivity index (χ1) is 15.4. The lowest BCUT2D eigenvalue weighted by molar-refractivity contribution is 0.0465. The van der Waals surface area contributed by atoms with Gasteiger partial charge in [-0.2, -0.15) is 0 Å². The molecule has 1 saturated heterocycles. The number of nitrogens with one attached hydrogen (secondary N) is 1. The summed E-state index contributed by atoms with van der Waals surface area (Å²) in [5.41, 5.74) is 0.695. The van der Waals surface area contributed by atoms with Crippen molar-refractivity contribution in [1.82, 2.24) is 15.1 Å². The number of hydrogen-bond donors (Lipinski definition) is 2. The SMILES string of the molecule is COC(=O)N1C[C@@H](CO)C[C@@H](N(C(=O)NCc2ccc3cc(F)cc(F)c3c2)C2CC2)C1. The monoisotopic (exact) mass is 447 g/mol. The van der Waals surface area contributed by atoms with Gasteiger partial charge in [0, 0.05) is 49.7 Å². The molecule has 0 spiro atoms. The highest BCUT2D eigenvalue weighted by atomic mass is 19.1. The van der Waals surface area contributed by atoms with Gasteiger partial charge in [0.15, 0.2) is 0 Å². The van der Waals surface area contributed by atoms with Crippen molar-refractivity contribution in [3.8, 4) is 0 Å². The summed E-state index contributed by atoms with van der Waals surface area (Å²) in [5, 5.41) is 13.3. The minimum Gasteiger partial charge on any atom is -0.453 e. The van der Waals surface area contributed by atoms with Crippen LogP contribution in [0.25, 0.3) is 10.8 Å². The molecule has 172 valence electrons. The summed E-state index contributed by atoms with van der Waals surface area (Å²) in [7, 11) is 1.31. The molecule has 3 amide bonds. The highest BCUT2D eigenvalue weighted by molar-refractivity contribution is 5.84. The first-order valence-electron chi connectivity index (χ1n) is 10.8. The lowest BCUT2D eigenvalue weighted by Crippen LogP contribution is -2.57. The molecule has 1 heterocycles. The summed E-state index contributed by atoms with van der Waals surface area (Å²) in [5.74, 6) is -1.41. The Morgan fingerprint density at radius 3 is 2.66 bits per heavy atom. The summed E-state index contributed by atoms with van der Waals surface area (Å²) < 4.78 is 32.4. The van der Waals surface area contributed by atoms with Gasteiger partial charge in [-0.05, 0) is 42.3 Å². The minimum atomic E-state index is -0.645. The van der Waals surface area contributed by atoms with E-state index in [9.17, 15) is 23.5 Å². The largest absolute Gasteiger partial charge is 0.453 e. The molecule has 2 N–H and O–H groups in total. The number of methoxy groups -OCH3 is 1. The van der Waals surface area contributed by atoms with Crippen molar-refractivity contribution >= 4 is 22.9 Å². The Balaban J connectivity index is 1.47. The third-order valence-corrected chi connectivity index (χ3v) is 6.15. The highest BCUT2D eigenvalue weighted by Gasteiger charge is 2.42. The predicted octanol–water partition coefficient (Wildman–Crippen LogP) is 3.24. The summed E-state index contributed by atoms with van der Waals surface area (Å²) in [6.45, 7) is 0.849. The van der Waals surface area contributed by atoms with Crippen LogP contribution in [-0.4, -0.2) is 65.9 Å². The minimum absolute atomic E-state index is 0.0760. The Morgan fingerprint density at radius 1 is 1.19 bits per heavy atom. The van der Waals surface area contributed by atoms with Crippen LogP contribution < -0.4 is 5.32 Å². The van der Waals surface area contributed by atoms with Crippen LogP contribution in [0.1, 0.15) is 24.8 Å². The van der Waals surface area contributed by atoms with Gasteiger partial charge < -0.3 is 25.0 Å². The first kappa shape index (κ1) is 22.3. The van der Waals surface area contributed by atoms with Gasteiger partial charge in [0.1, 0.15) is 11.6 Å². The number of aliphatic hydroxyl groups is 1. The smallest absolute Gasteiger partial charge is 0.409 e. The Kier molecular flexibility index (Phi) is 6.45. The number of rotatable bonds is 5. The first-order valence-corrected chi connectivity index (χ1v) is 10.8. The Bertz CT molecular complexity index is 1010. The van der Waals surface area contributed by atoms with Crippen LogP contribution in [-0.2, 0) is 11.3 Å². The molecular weight excluding hydrogens is 420 g/mol. The topological polar surface area (TPSA) is 82.1 Å². The van der Waals surface area contributed by atoms with E-state index in [-0.39, 0.29) is 37.2 Å². The zero-order valence-electron chi connectivity index (χ0n) is 17.9. The number of likely N-dealkylation sites (tertiary alicyclic amines) is 1. The number of hydrogen-bond acceptors (Lipinski definition) is 4. The number of fused-ring (bicyclic) bond motifs is 1. The van der Waals surface area contributed by atoms with Crippen molar-refractivity contribution in [2.24, 2.45) is 5.92 Å². The second kappa shape index (κ2) is 9.28. The zero-order chi connectivity index (χ0) is 22.8. The van der Waals surface area contributed by atoms with Crippen LogP contribution in [0, 0.1) is 17.6 Å².